The van der Waals surface area contributed by atoms with E-state index in [1.807, 2.05) is 24.3 Å². The molecule has 0 saturated heterocycles. The fourth-order valence-corrected chi connectivity index (χ4v) is 2.54. The van der Waals surface area contributed by atoms with E-state index in [2.05, 4.69) is 31.9 Å². The molecule has 0 heterocycles. The summed E-state index contributed by atoms with van der Waals surface area (Å²) in [6, 6.07) is 11.0. The summed E-state index contributed by atoms with van der Waals surface area (Å²) in [6.07, 6.45) is -2.41. The lowest BCUT2D eigenvalue weighted by molar-refractivity contribution is 0.148. The number of fused-ring (bicyclic) bond motifs is 1. The van der Waals surface area contributed by atoms with E-state index in [0.29, 0.717) is 5.56 Å². The maximum atomic E-state index is 12.7. The van der Waals surface area contributed by atoms with Crippen molar-refractivity contribution < 1.29 is 8.78 Å². The zero-order valence-corrected chi connectivity index (χ0v) is 11.3. The Bertz CT molecular complexity index is 511. The van der Waals surface area contributed by atoms with E-state index >= 15 is 0 Å². The summed E-state index contributed by atoms with van der Waals surface area (Å²) in [5.41, 5.74) is 0.619. The third-order valence-corrected chi connectivity index (χ3v) is 4.01. The molecule has 0 saturated carbocycles. The molecule has 0 radical (unpaired) electrons. The van der Waals surface area contributed by atoms with Crippen molar-refractivity contribution in [2.75, 3.05) is 0 Å². The van der Waals surface area contributed by atoms with Crippen LogP contribution in [-0.2, 0) is 0 Å². The van der Waals surface area contributed by atoms with Crippen LogP contribution in [0, 0.1) is 0 Å². The molecule has 0 N–H and O–H groups in total. The maximum Gasteiger partial charge on any atom is 0.255 e. The number of hydrogen-bond donors (Lipinski definition) is 0. The van der Waals surface area contributed by atoms with Crippen molar-refractivity contribution in [2.24, 2.45) is 0 Å². The lowest BCUT2D eigenvalue weighted by Gasteiger charge is -2.13. The van der Waals surface area contributed by atoms with Crippen LogP contribution < -0.4 is 0 Å². The number of hydrogen-bond acceptors (Lipinski definition) is 0. The topological polar surface area (TPSA) is 0 Å². The molecule has 2 aromatic carbocycles. The molecule has 0 fully saturated rings. The van der Waals surface area contributed by atoms with Crippen molar-refractivity contribution in [1.29, 1.82) is 0 Å². The van der Waals surface area contributed by atoms with E-state index in [1.54, 1.807) is 12.1 Å². The molecular weight excluding hydrogens is 342 g/mol. The van der Waals surface area contributed by atoms with Gasteiger partial charge in [0.15, 0.2) is 0 Å². The van der Waals surface area contributed by atoms with Crippen molar-refractivity contribution in [3.05, 3.63) is 46.4 Å². The summed E-state index contributed by atoms with van der Waals surface area (Å²) in [6.45, 7) is 0. The third-order valence-electron chi connectivity index (χ3n) is 2.42. The van der Waals surface area contributed by atoms with Gasteiger partial charge in [0.25, 0.3) is 6.43 Å². The molecular formula is C12H8Br2F2. The zero-order valence-electron chi connectivity index (χ0n) is 8.13. The Kier molecular flexibility index (Phi) is 3.60. The van der Waals surface area contributed by atoms with Gasteiger partial charge < -0.3 is 0 Å². The average Bonchev–Trinajstić information content (AvgIpc) is 2.29. The van der Waals surface area contributed by atoms with Crippen molar-refractivity contribution in [3.8, 4) is 0 Å². The van der Waals surface area contributed by atoms with E-state index < -0.39 is 11.3 Å². The second-order valence-corrected chi connectivity index (χ2v) is 5.26. The molecule has 1 atom stereocenters. The van der Waals surface area contributed by atoms with Crippen LogP contribution in [0.1, 0.15) is 10.4 Å². The fraction of sp³-hybridized carbons (Fsp3) is 0.167. The number of benzene rings is 2. The molecule has 0 aromatic heterocycles. The van der Waals surface area contributed by atoms with Crippen LogP contribution in [0.3, 0.4) is 0 Å². The van der Waals surface area contributed by atoms with E-state index in [-0.39, 0.29) is 0 Å². The van der Waals surface area contributed by atoms with Crippen LogP contribution in [0.5, 0.6) is 0 Å². The summed E-state index contributed by atoms with van der Waals surface area (Å²) < 4.78 is 26.3. The molecule has 2 aromatic rings. The van der Waals surface area contributed by atoms with Gasteiger partial charge in [-0.2, -0.15) is 0 Å². The Balaban J connectivity index is 2.67. The second kappa shape index (κ2) is 4.80. The van der Waals surface area contributed by atoms with E-state index in [0.717, 1.165) is 15.2 Å². The van der Waals surface area contributed by atoms with Gasteiger partial charge >= 0.3 is 0 Å². The van der Waals surface area contributed by atoms with Crippen LogP contribution >= 0.6 is 31.9 Å². The first-order valence-corrected chi connectivity index (χ1v) is 6.41. The van der Waals surface area contributed by atoms with Gasteiger partial charge in [-0.15, -0.1) is 0 Å². The summed E-state index contributed by atoms with van der Waals surface area (Å²) in [5, 5.41) is 1.80. The van der Waals surface area contributed by atoms with Crippen molar-refractivity contribution in [3.63, 3.8) is 0 Å². The number of rotatable bonds is 2. The van der Waals surface area contributed by atoms with Gasteiger partial charge in [-0.25, -0.2) is 8.78 Å². The molecule has 0 bridgehead atoms. The maximum absolute atomic E-state index is 12.7. The first kappa shape index (κ1) is 12.0. The Labute approximate surface area is 109 Å². The highest BCUT2D eigenvalue weighted by Crippen LogP contribution is 2.36. The smallest absolute Gasteiger partial charge is 0.209 e. The lowest BCUT2D eigenvalue weighted by atomic mass is 10.0. The zero-order chi connectivity index (χ0) is 11.7. The fourth-order valence-electron chi connectivity index (χ4n) is 1.66. The normalized spacial score (nSPS) is 13.3. The van der Waals surface area contributed by atoms with Gasteiger partial charge in [0.05, 0.1) is 0 Å². The van der Waals surface area contributed by atoms with Gasteiger partial charge in [-0.3, -0.25) is 0 Å². The molecule has 0 aliphatic rings. The summed E-state index contributed by atoms with van der Waals surface area (Å²) >= 11 is 6.45. The highest BCUT2D eigenvalue weighted by Gasteiger charge is 2.21. The Morgan fingerprint density at radius 1 is 0.938 bits per heavy atom. The minimum absolute atomic E-state index is 0.619. The summed E-state index contributed by atoms with van der Waals surface area (Å²) in [7, 11) is 0. The number of alkyl halides is 3. The Morgan fingerprint density at radius 2 is 1.56 bits per heavy atom. The van der Waals surface area contributed by atoms with Gasteiger partial charge in [-0.1, -0.05) is 62.2 Å². The van der Waals surface area contributed by atoms with Gasteiger partial charge in [0.1, 0.15) is 4.83 Å². The molecule has 2 rings (SSSR count). The van der Waals surface area contributed by atoms with Gasteiger partial charge in [0, 0.05) is 4.47 Å². The number of halogens is 4. The van der Waals surface area contributed by atoms with Crippen molar-refractivity contribution in [2.45, 2.75) is 11.3 Å². The quantitative estimate of drug-likeness (QED) is 0.645. The summed E-state index contributed by atoms with van der Waals surface area (Å²) in [4.78, 5) is -0.925. The highest BCUT2D eigenvalue weighted by molar-refractivity contribution is 9.10. The van der Waals surface area contributed by atoms with Crippen molar-refractivity contribution in [1.82, 2.24) is 0 Å². The lowest BCUT2D eigenvalue weighted by Crippen LogP contribution is -2.02. The predicted octanol–water partition coefficient (Wildman–Crippen LogP) is 5.30. The van der Waals surface area contributed by atoms with E-state index in [4.69, 9.17) is 0 Å². The minimum atomic E-state index is -2.41. The van der Waals surface area contributed by atoms with Gasteiger partial charge in [0.2, 0.25) is 0 Å². The minimum Gasteiger partial charge on any atom is -0.209 e. The van der Waals surface area contributed by atoms with Crippen LogP contribution in [0.2, 0.25) is 0 Å². The standard InChI is InChI=1S/C12H8Br2F2/c13-10-6-5-9(11(14)12(15)16)7-3-1-2-4-8(7)10/h1-6,11-12H. The Morgan fingerprint density at radius 3 is 2.19 bits per heavy atom. The van der Waals surface area contributed by atoms with Crippen LogP contribution in [0.15, 0.2) is 40.9 Å². The highest BCUT2D eigenvalue weighted by atomic mass is 79.9. The molecule has 1 unspecified atom stereocenters. The van der Waals surface area contributed by atoms with Crippen LogP contribution in [0.4, 0.5) is 8.78 Å². The third kappa shape index (κ3) is 2.13. The predicted molar refractivity (Wildman–Crippen MR) is 69.3 cm³/mol. The van der Waals surface area contributed by atoms with Crippen LogP contribution in [-0.4, -0.2) is 6.43 Å². The SMILES string of the molecule is FC(F)C(Br)c1ccc(Br)c2ccccc12. The molecule has 0 aliphatic heterocycles. The van der Waals surface area contributed by atoms with Gasteiger partial charge in [-0.05, 0) is 22.4 Å². The second-order valence-electron chi connectivity index (χ2n) is 3.42. The van der Waals surface area contributed by atoms with E-state index in [1.165, 1.54) is 0 Å². The molecule has 0 nitrogen and oxygen atoms in total. The Hall–Kier alpha value is -0.480. The van der Waals surface area contributed by atoms with E-state index in [9.17, 15) is 8.78 Å². The first-order chi connectivity index (χ1) is 7.61. The molecule has 0 aliphatic carbocycles. The largest absolute Gasteiger partial charge is 0.255 e. The average molecular weight is 350 g/mol. The monoisotopic (exact) mass is 348 g/mol. The molecule has 0 spiro atoms. The van der Waals surface area contributed by atoms with Crippen molar-refractivity contribution >= 4 is 42.6 Å². The molecule has 16 heavy (non-hydrogen) atoms. The summed E-state index contributed by atoms with van der Waals surface area (Å²) in [5.74, 6) is 0. The molecule has 4 heteroatoms. The molecule has 0 amide bonds. The first-order valence-electron chi connectivity index (χ1n) is 4.70. The van der Waals surface area contributed by atoms with Crippen LogP contribution in [0.25, 0.3) is 10.8 Å². The molecule has 84 valence electrons.